The SMILES string of the molecule is O=c1ccc(S(=O)(=O)Nc2ccc(F)cc2Br)c[nH]1. The van der Waals surface area contributed by atoms with Gasteiger partial charge in [0.2, 0.25) is 5.56 Å². The minimum atomic E-state index is -3.84. The Kier molecular flexibility index (Phi) is 3.72. The van der Waals surface area contributed by atoms with E-state index in [1.54, 1.807) is 0 Å². The molecule has 1 aromatic heterocycles. The summed E-state index contributed by atoms with van der Waals surface area (Å²) < 4.78 is 39.5. The van der Waals surface area contributed by atoms with Gasteiger partial charge in [-0.05, 0) is 40.2 Å². The number of benzene rings is 1. The number of hydrogen-bond donors (Lipinski definition) is 2. The summed E-state index contributed by atoms with van der Waals surface area (Å²) in [5.74, 6) is -0.487. The third kappa shape index (κ3) is 3.21. The third-order valence-electron chi connectivity index (χ3n) is 2.24. The van der Waals surface area contributed by atoms with Crippen LogP contribution in [-0.2, 0) is 10.0 Å². The van der Waals surface area contributed by atoms with Gasteiger partial charge in [0.15, 0.2) is 0 Å². The number of nitrogens with one attached hydrogen (secondary N) is 2. The second kappa shape index (κ2) is 5.14. The molecule has 2 aromatic rings. The highest BCUT2D eigenvalue weighted by atomic mass is 79.9. The number of H-pyrrole nitrogens is 1. The lowest BCUT2D eigenvalue weighted by Gasteiger charge is -2.09. The summed E-state index contributed by atoms with van der Waals surface area (Å²) in [5.41, 5.74) is -0.200. The highest BCUT2D eigenvalue weighted by Gasteiger charge is 2.15. The summed E-state index contributed by atoms with van der Waals surface area (Å²) in [6.45, 7) is 0. The fourth-order valence-corrected chi connectivity index (χ4v) is 2.97. The molecule has 0 aliphatic carbocycles. The van der Waals surface area contributed by atoms with E-state index in [-0.39, 0.29) is 15.1 Å². The van der Waals surface area contributed by atoms with E-state index in [9.17, 15) is 17.6 Å². The van der Waals surface area contributed by atoms with Crippen molar-refractivity contribution in [2.75, 3.05) is 4.72 Å². The Labute approximate surface area is 116 Å². The molecular formula is C11H8BrFN2O3S. The van der Waals surface area contributed by atoms with Crippen LogP contribution in [0.15, 0.2) is 50.7 Å². The van der Waals surface area contributed by atoms with E-state index >= 15 is 0 Å². The fourth-order valence-electron chi connectivity index (χ4n) is 1.34. The third-order valence-corrected chi connectivity index (χ3v) is 4.26. The van der Waals surface area contributed by atoms with Crippen LogP contribution in [0.3, 0.4) is 0 Å². The van der Waals surface area contributed by atoms with Crippen molar-refractivity contribution in [1.82, 2.24) is 4.98 Å². The molecule has 0 amide bonds. The van der Waals surface area contributed by atoms with E-state index in [1.165, 1.54) is 12.1 Å². The predicted octanol–water partition coefficient (Wildman–Crippen LogP) is 2.08. The summed E-state index contributed by atoms with van der Waals surface area (Å²) >= 11 is 3.06. The van der Waals surface area contributed by atoms with E-state index < -0.39 is 21.4 Å². The molecule has 2 N–H and O–H groups in total. The van der Waals surface area contributed by atoms with Crippen LogP contribution in [0.25, 0.3) is 0 Å². The van der Waals surface area contributed by atoms with E-state index in [2.05, 4.69) is 25.6 Å². The predicted molar refractivity (Wildman–Crippen MR) is 72.0 cm³/mol. The number of rotatable bonds is 3. The second-order valence-corrected chi connectivity index (χ2v) is 6.16. The van der Waals surface area contributed by atoms with Crippen LogP contribution < -0.4 is 10.3 Å². The second-order valence-electron chi connectivity index (χ2n) is 3.62. The number of anilines is 1. The number of sulfonamides is 1. The van der Waals surface area contributed by atoms with Crippen molar-refractivity contribution in [3.63, 3.8) is 0 Å². The van der Waals surface area contributed by atoms with Gasteiger partial charge < -0.3 is 4.98 Å². The number of pyridine rings is 1. The highest BCUT2D eigenvalue weighted by molar-refractivity contribution is 9.10. The van der Waals surface area contributed by atoms with E-state index in [0.717, 1.165) is 24.4 Å². The zero-order valence-electron chi connectivity index (χ0n) is 9.35. The maximum atomic E-state index is 12.9. The molecule has 0 fully saturated rings. The number of aromatic amines is 1. The van der Waals surface area contributed by atoms with Gasteiger partial charge in [-0.2, -0.15) is 0 Å². The van der Waals surface area contributed by atoms with Gasteiger partial charge in [0.1, 0.15) is 10.7 Å². The van der Waals surface area contributed by atoms with Gasteiger partial charge in [0.05, 0.1) is 5.69 Å². The normalized spacial score (nSPS) is 11.3. The molecule has 5 nitrogen and oxygen atoms in total. The van der Waals surface area contributed by atoms with Crippen LogP contribution in [0.1, 0.15) is 0 Å². The van der Waals surface area contributed by atoms with Gasteiger partial charge in [0.25, 0.3) is 10.0 Å². The van der Waals surface area contributed by atoms with Crippen LogP contribution in [0.4, 0.5) is 10.1 Å². The van der Waals surface area contributed by atoms with Crippen LogP contribution in [-0.4, -0.2) is 13.4 Å². The molecule has 19 heavy (non-hydrogen) atoms. The lowest BCUT2D eigenvalue weighted by molar-refractivity contribution is 0.600. The number of halogens is 2. The first-order chi connectivity index (χ1) is 8.88. The molecule has 1 aromatic carbocycles. The van der Waals surface area contributed by atoms with Gasteiger partial charge in [-0.3, -0.25) is 9.52 Å². The van der Waals surface area contributed by atoms with Crippen molar-refractivity contribution in [3.8, 4) is 0 Å². The first-order valence-electron chi connectivity index (χ1n) is 5.05. The summed E-state index contributed by atoms with van der Waals surface area (Å²) in [5, 5.41) is 0. The standard InChI is InChI=1S/C11H8BrFN2O3S/c12-9-5-7(13)1-3-10(9)15-19(17,18)8-2-4-11(16)14-6-8/h1-6,15H,(H,14,16). The Morgan fingerprint density at radius 2 is 1.95 bits per heavy atom. The van der Waals surface area contributed by atoms with Crippen molar-refractivity contribution in [2.45, 2.75) is 4.90 Å². The van der Waals surface area contributed by atoms with Crippen molar-refractivity contribution in [2.24, 2.45) is 0 Å². The molecule has 0 atom stereocenters. The Bertz CT molecular complexity index is 753. The molecule has 0 saturated heterocycles. The monoisotopic (exact) mass is 346 g/mol. The topological polar surface area (TPSA) is 79.0 Å². The average molecular weight is 347 g/mol. The molecule has 0 aliphatic heterocycles. The molecule has 8 heteroatoms. The molecule has 0 radical (unpaired) electrons. The fraction of sp³-hybridized carbons (Fsp3) is 0. The lowest BCUT2D eigenvalue weighted by atomic mass is 10.3. The van der Waals surface area contributed by atoms with Crippen molar-refractivity contribution < 1.29 is 12.8 Å². The Morgan fingerprint density at radius 3 is 2.53 bits per heavy atom. The van der Waals surface area contributed by atoms with Crippen LogP contribution in [0.2, 0.25) is 0 Å². The number of hydrogen-bond acceptors (Lipinski definition) is 3. The largest absolute Gasteiger partial charge is 0.328 e. The van der Waals surface area contributed by atoms with Gasteiger partial charge in [0, 0.05) is 16.7 Å². The van der Waals surface area contributed by atoms with E-state index in [4.69, 9.17) is 0 Å². The summed E-state index contributed by atoms with van der Waals surface area (Å²) in [4.78, 5) is 13.1. The minimum absolute atomic E-state index is 0.0941. The lowest BCUT2D eigenvalue weighted by Crippen LogP contribution is -2.15. The summed E-state index contributed by atoms with van der Waals surface area (Å²) in [6.07, 6.45) is 1.09. The molecule has 100 valence electrons. The zero-order valence-corrected chi connectivity index (χ0v) is 11.8. The molecule has 0 aliphatic rings. The first kappa shape index (κ1) is 13.8. The van der Waals surface area contributed by atoms with Crippen LogP contribution in [0.5, 0.6) is 0 Å². The van der Waals surface area contributed by atoms with Crippen molar-refractivity contribution in [3.05, 3.63) is 57.2 Å². The van der Waals surface area contributed by atoms with E-state index in [1.807, 2.05) is 0 Å². The molecule has 0 unspecified atom stereocenters. The van der Waals surface area contributed by atoms with Crippen molar-refractivity contribution in [1.29, 1.82) is 0 Å². The Hall–Kier alpha value is -1.67. The maximum Gasteiger partial charge on any atom is 0.263 e. The molecule has 0 spiro atoms. The van der Waals surface area contributed by atoms with E-state index in [0.29, 0.717) is 0 Å². The molecule has 1 heterocycles. The van der Waals surface area contributed by atoms with Gasteiger partial charge in [-0.15, -0.1) is 0 Å². The quantitative estimate of drug-likeness (QED) is 0.892. The number of aromatic nitrogens is 1. The summed E-state index contributed by atoms with van der Waals surface area (Å²) in [6, 6.07) is 5.86. The molecule has 0 bridgehead atoms. The van der Waals surface area contributed by atoms with Crippen LogP contribution >= 0.6 is 15.9 Å². The maximum absolute atomic E-state index is 12.9. The Morgan fingerprint density at radius 1 is 1.21 bits per heavy atom. The zero-order chi connectivity index (χ0) is 14.0. The van der Waals surface area contributed by atoms with Gasteiger partial charge in [-0.1, -0.05) is 0 Å². The first-order valence-corrected chi connectivity index (χ1v) is 7.33. The average Bonchev–Trinajstić information content (AvgIpc) is 2.33. The van der Waals surface area contributed by atoms with Crippen LogP contribution in [0, 0.1) is 5.82 Å². The Balaban J connectivity index is 2.36. The molecule has 2 rings (SSSR count). The van der Waals surface area contributed by atoms with Gasteiger partial charge in [-0.25, -0.2) is 12.8 Å². The molecule has 0 saturated carbocycles. The minimum Gasteiger partial charge on any atom is -0.328 e. The molecular weight excluding hydrogens is 339 g/mol. The van der Waals surface area contributed by atoms with Gasteiger partial charge >= 0.3 is 0 Å². The summed E-state index contributed by atoms with van der Waals surface area (Å²) in [7, 11) is -3.84. The highest BCUT2D eigenvalue weighted by Crippen LogP contribution is 2.25. The van der Waals surface area contributed by atoms with Crippen molar-refractivity contribution >= 4 is 31.6 Å². The smallest absolute Gasteiger partial charge is 0.263 e.